The largest absolute Gasteiger partial charge is 0.416 e. The fraction of sp³-hybridized carbons (Fsp3) is 0.600. The van der Waals surface area contributed by atoms with Gasteiger partial charge in [-0.25, -0.2) is 0 Å². The number of piperidine rings is 1. The SMILES string of the molecule is CC1CN(C)C(C)CC1Nc1cc(Br)cc(C(F)(F)F)c1. The molecule has 1 aliphatic heterocycles. The first kappa shape index (κ1) is 16.6. The number of hydrogen-bond donors (Lipinski definition) is 1. The predicted molar refractivity (Wildman–Crippen MR) is 82.4 cm³/mol. The summed E-state index contributed by atoms with van der Waals surface area (Å²) in [4.78, 5) is 2.28. The zero-order valence-electron chi connectivity index (χ0n) is 12.3. The Morgan fingerprint density at radius 2 is 1.90 bits per heavy atom. The average Bonchev–Trinajstić information content (AvgIpc) is 2.34. The number of benzene rings is 1. The number of halogens is 4. The molecule has 1 heterocycles. The number of alkyl halides is 3. The van der Waals surface area contributed by atoms with Crippen LogP contribution in [0.25, 0.3) is 0 Å². The van der Waals surface area contributed by atoms with Gasteiger partial charge in [-0.3, -0.25) is 0 Å². The molecule has 1 fully saturated rings. The van der Waals surface area contributed by atoms with E-state index in [2.05, 4.69) is 47.0 Å². The highest BCUT2D eigenvalue weighted by Crippen LogP contribution is 2.34. The molecule has 6 heteroatoms. The molecule has 0 amide bonds. The number of likely N-dealkylation sites (tertiary alicyclic amines) is 1. The molecule has 0 radical (unpaired) electrons. The van der Waals surface area contributed by atoms with E-state index in [1.807, 2.05) is 0 Å². The molecule has 0 spiro atoms. The molecule has 2 nitrogen and oxygen atoms in total. The summed E-state index contributed by atoms with van der Waals surface area (Å²) in [6.07, 6.45) is -3.41. The van der Waals surface area contributed by atoms with Crippen LogP contribution >= 0.6 is 15.9 Å². The van der Waals surface area contributed by atoms with Crippen molar-refractivity contribution in [3.8, 4) is 0 Å². The van der Waals surface area contributed by atoms with Crippen molar-refractivity contribution in [2.45, 2.75) is 38.5 Å². The van der Waals surface area contributed by atoms with Gasteiger partial charge >= 0.3 is 6.18 Å². The van der Waals surface area contributed by atoms with Crippen molar-refractivity contribution in [3.63, 3.8) is 0 Å². The fourth-order valence-corrected chi connectivity index (χ4v) is 3.29. The van der Waals surface area contributed by atoms with Crippen LogP contribution in [-0.2, 0) is 6.18 Å². The molecule has 1 saturated heterocycles. The topological polar surface area (TPSA) is 15.3 Å². The summed E-state index contributed by atoms with van der Waals surface area (Å²) in [5.41, 5.74) is -0.113. The smallest absolute Gasteiger partial charge is 0.382 e. The van der Waals surface area contributed by atoms with Crippen molar-refractivity contribution < 1.29 is 13.2 Å². The molecule has 1 aromatic rings. The third kappa shape index (κ3) is 4.13. The first-order valence-corrected chi connectivity index (χ1v) is 7.80. The Labute approximate surface area is 131 Å². The highest BCUT2D eigenvalue weighted by atomic mass is 79.9. The van der Waals surface area contributed by atoms with Crippen LogP contribution in [0, 0.1) is 5.92 Å². The third-order valence-electron chi connectivity index (χ3n) is 4.19. The lowest BCUT2D eigenvalue weighted by Crippen LogP contribution is -2.48. The van der Waals surface area contributed by atoms with E-state index in [1.54, 1.807) is 6.07 Å². The Kier molecular flexibility index (Phi) is 4.88. The number of hydrogen-bond acceptors (Lipinski definition) is 2. The first-order valence-electron chi connectivity index (χ1n) is 7.01. The molecule has 0 saturated carbocycles. The molecule has 0 aromatic heterocycles. The number of rotatable bonds is 2. The van der Waals surface area contributed by atoms with Crippen LogP contribution in [0.1, 0.15) is 25.8 Å². The standard InChI is InChI=1S/C15H20BrF3N2/c1-9-8-21(3)10(2)4-14(9)20-13-6-11(15(17,18)19)5-12(16)7-13/h5-7,9-10,14,20H,4,8H2,1-3H3. The van der Waals surface area contributed by atoms with E-state index in [-0.39, 0.29) is 6.04 Å². The van der Waals surface area contributed by atoms with Crippen LogP contribution in [0.15, 0.2) is 22.7 Å². The van der Waals surface area contributed by atoms with Gasteiger partial charge in [0.2, 0.25) is 0 Å². The normalized spacial score (nSPS) is 27.7. The zero-order chi connectivity index (χ0) is 15.8. The molecule has 1 aromatic carbocycles. The van der Waals surface area contributed by atoms with E-state index in [0.29, 0.717) is 22.1 Å². The second-order valence-electron chi connectivity index (χ2n) is 5.98. The number of nitrogens with zero attached hydrogens (tertiary/aromatic N) is 1. The van der Waals surface area contributed by atoms with Crippen LogP contribution in [-0.4, -0.2) is 30.6 Å². The van der Waals surface area contributed by atoms with Gasteiger partial charge in [-0.05, 0) is 44.5 Å². The molecule has 3 unspecified atom stereocenters. The van der Waals surface area contributed by atoms with Gasteiger partial charge in [0.15, 0.2) is 0 Å². The summed E-state index contributed by atoms with van der Waals surface area (Å²) in [7, 11) is 2.08. The molecule has 0 aliphatic carbocycles. The van der Waals surface area contributed by atoms with E-state index in [4.69, 9.17) is 0 Å². The van der Waals surface area contributed by atoms with Crippen LogP contribution in [0.3, 0.4) is 0 Å². The second-order valence-corrected chi connectivity index (χ2v) is 6.89. The summed E-state index contributed by atoms with van der Waals surface area (Å²) < 4.78 is 39.0. The summed E-state index contributed by atoms with van der Waals surface area (Å²) >= 11 is 3.16. The van der Waals surface area contributed by atoms with E-state index in [0.717, 1.165) is 19.0 Å². The van der Waals surface area contributed by atoms with Gasteiger partial charge in [-0.15, -0.1) is 0 Å². The molecule has 118 valence electrons. The van der Waals surface area contributed by atoms with Crippen molar-refractivity contribution in [2.24, 2.45) is 5.92 Å². The fourth-order valence-electron chi connectivity index (χ4n) is 2.79. The minimum absolute atomic E-state index is 0.187. The Hall–Kier alpha value is -0.750. The predicted octanol–water partition coefficient (Wildman–Crippen LogP) is 4.61. The summed E-state index contributed by atoms with van der Waals surface area (Å²) in [5, 5.41) is 3.28. The van der Waals surface area contributed by atoms with Crippen molar-refractivity contribution in [1.82, 2.24) is 4.90 Å². The van der Waals surface area contributed by atoms with Crippen LogP contribution in [0.2, 0.25) is 0 Å². The lowest BCUT2D eigenvalue weighted by atomic mass is 9.89. The van der Waals surface area contributed by atoms with Gasteiger partial charge in [0.1, 0.15) is 0 Å². The molecular formula is C15H20BrF3N2. The number of nitrogens with one attached hydrogen (secondary N) is 1. The summed E-state index contributed by atoms with van der Waals surface area (Å²) in [6, 6.07) is 4.59. The average molecular weight is 365 g/mol. The highest BCUT2D eigenvalue weighted by Gasteiger charge is 2.32. The Bertz CT molecular complexity index is 504. The van der Waals surface area contributed by atoms with Gasteiger partial charge in [-0.1, -0.05) is 22.9 Å². The first-order chi connectivity index (χ1) is 9.66. The molecular weight excluding hydrogens is 345 g/mol. The molecule has 3 atom stereocenters. The lowest BCUT2D eigenvalue weighted by Gasteiger charge is -2.40. The quantitative estimate of drug-likeness (QED) is 0.824. The zero-order valence-corrected chi connectivity index (χ0v) is 13.9. The highest BCUT2D eigenvalue weighted by molar-refractivity contribution is 9.10. The van der Waals surface area contributed by atoms with E-state index >= 15 is 0 Å². The maximum Gasteiger partial charge on any atom is 0.416 e. The van der Waals surface area contributed by atoms with Gasteiger partial charge in [0.25, 0.3) is 0 Å². The van der Waals surface area contributed by atoms with Gasteiger partial charge < -0.3 is 10.2 Å². The van der Waals surface area contributed by atoms with Crippen LogP contribution in [0.5, 0.6) is 0 Å². The molecule has 21 heavy (non-hydrogen) atoms. The molecule has 2 rings (SSSR count). The van der Waals surface area contributed by atoms with Crippen LogP contribution in [0.4, 0.5) is 18.9 Å². The monoisotopic (exact) mass is 364 g/mol. The maximum absolute atomic E-state index is 12.9. The molecule has 1 aliphatic rings. The third-order valence-corrected chi connectivity index (χ3v) is 4.65. The van der Waals surface area contributed by atoms with Crippen molar-refractivity contribution in [2.75, 3.05) is 18.9 Å². The van der Waals surface area contributed by atoms with Gasteiger partial charge in [0, 0.05) is 28.8 Å². The van der Waals surface area contributed by atoms with Gasteiger partial charge in [0.05, 0.1) is 5.56 Å². The molecule has 0 bridgehead atoms. The van der Waals surface area contributed by atoms with Crippen LogP contribution < -0.4 is 5.32 Å². The Morgan fingerprint density at radius 3 is 2.52 bits per heavy atom. The van der Waals surface area contributed by atoms with Crippen molar-refractivity contribution in [1.29, 1.82) is 0 Å². The van der Waals surface area contributed by atoms with E-state index in [9.17, 15) is 13.2 Å². The van der Waals surface area contributed by atoms with E-state index < -0.39 is 11.7 Å². The Balaban J connectivity index is 2.18. The number of anilines is 1. The second kappa shape index (κ2) is 6.16. The minimum Gasteiger partial charge on any atom is -0.382 e. The maximum atomic E-state index is 12.9. The van der Waals surface area contributed by atoms with Crippen molar-refractivity contribution >= 4 is 21.6 Å². The summed E-state index contributed by atoms with van der Waals surface area (Å²) in [6.45, 7) is 5.21. The molecule has 1 N–H and O–H groups in total. The Morgan fingerprint density at radius 1 is 1.24 bits per heavy atom. The minimum atomic E-state index is -4.33. The lowest BCUT2D eigenvalue weighted by molar-refractivity contribution is -0.137. The van der Waals surface area contributed by atoms with E-state index in [1.165, 1.54) is 6.07 Å². The summed E-state index contributed by atoms with van der Waals surface area (Å²) in [5.74, 6) is 0.388. The van der Waals surface area contributed by atoms with Gasteiger partial charge in [-0.2, -0.15) is 13.2 Å². The van der Waals surface area contributed by atoms with Crippen molar-refractivity contribution in [3.05, 3.63) is 28.2 Å².